The smallest absolute Gasteiger partial charge is 0.225 e. The van der Waals surface area contributed by atoms with E-state index >= 15 is 0 Å². The third-order valence-electron chi connectivity index (χ3n) is 6.56. The van der Waals surface area contributed by atoms with Gasteiger partial charge in [-0.05, 0) is 49.1 Å². The Morgan fingerprint density at radius 2 is 1.61 bits per heavy atom. The van der Waals surface area contributed by atoms with E-state index in [1.165, 1.54) is 0 Å². The molecule has 0 atom stereocenters. The number of nitriles is 1. The summed E-state index contributed by atoms with van der Waals surface area (Å²) in [6.07, 6.45) is 2.03. The fourth-order valence-corrected chi connectivity index (χ4v) is 6.22. The fourth-order valence-electron chi connectivity index (χ4n) is 4.66. The fraction of sp³-hybridized carbons (Fsp3) is 0.440. The van der Waals surface area contributed by atoms with Gasteiger partial charge in [-0.15, -0.1) is 0 Å². The predicted molar refractivity (Wildman–Crippen MR) is 128 cm³/mol. The summed E-state index contributed by atoms with van der Waals surface area (Å²) in [5, 5.41) is 8.99. The molecule has 0 aliphatic carbocycles. The van der Waals surface area contributed by atoms with Crippen molar-refractivity contribution in [2.75, 3.05) is 44.2 Å². The molecule has 0 aromatic heterocycles. The lowest BCUT2D eigenvalue weighted by molar-refractivity contribution is -0.136. The first-order chi connectivity index (χ1) is 16.0. The van der Waals surface area contributed by atoms with Crippen molar-refractivity contribution in [2.24, 2.45) is 5.92 Å². The molecule has 1 amide bonds. The van der Waals surface area contributed by atoms with Crippen molar-refractivity contribution in [3.8, 4) is 6.07 Å². The zero-order valence-electron chi connectivity index (χ0n) is 18.8. The molecule has 0 unspecified atom stereocenters. The van der Waals surface area contributed by atoms with Crippen molar-refractivity contribution < 1.29 is 13.2 Å². The molecule has 7 nitrogen and oxygen atoms in total. The van der Waals surface area contributed by atoms with Crippen molar-refractivity contribution in [3.05, 3.63) is 65.7 Å². The zero-order valence-corrected chi connectivity index (χ0v) is 19.6. The highest BCUT2D eigenvalue weighted by Crippen LogP contribution is 2.25. The molecule has 0 radical (unpaired) electrons. The molecule has 2 aliphatic heterocycles. The van der Waals surface area contributed by atoms with E-state index in [1.54, 1.807) is 4.31 Å². The molecule has 2 aliphatic rings. The highest BCUT2D eigenvalue weighted by atomic mass is 32.2. The monoisotopic (exact) mass is 466 g/mol. The predicted octanol–water partition coefficient (Wildman–Crippen LogP) is 2.84. The van der Waals surface area contributed by atoms with Crippen LogP contribution in [0.5, 0.6) is 0 Å². The van der Waals surface area contributed by atoms with Gasteiger partial charge in [0.15, 0.2) is 0 Å². The molecule has 2 saturated heterocycles. The Bertz CT molecular complexity index is 1090. The maximum Gasteiger partial charge on any atom is 0.225 e. The normalized spacial score (nSPS) is 18.5. The SMILES string of the molecule is N#Cc1ccc(N2CCCN(C(=O)C3CCN(S(=O)(=O)Cc4ccccc4)CC3)CC2)cc1. The summed E-state index contributed by atoms with van der Waals surface area (Å²) < 4.78 is 27.1. The first-order valence-corrected chi connectivity index (χ1v) is 13.1. The molecule has 174 valence electrons. The molecule has 2 aromatic carbocycles. The van der Waals surface area contributed by atoms with Crippen LogP contribution in [-0.2, 0) is 20.6 Å². The van der Waals surface area contributed by atoms with Crippen molar-refractivity contribution in [2.45, 2.75) is 25.0 Å². The van der Waals surface area contributed by atoms with E-state index in [9.17, 15) is 13.2 Å². The first-order valence-electron chi connectivity index (χ1n) is 11.5. The van der Waals surface area contributed by atoms with Crippen LogP contribution in [-0.4, -0.2) is 62.8 Å². The molecule has 8 heteroatoms. The van der Waals surface area contributed by atoms with Gasteiger partial charge in [0.05, 0.1) is 17.4 Å². The van der Waals surface area contributed by atoms with E-state index in [0.29, 0.717) is 38.0 Å². The molecule has 0 bridgehead atoms. The number of sulfonamides is 1. The summed E-state index contributed by atoms with van der Waals surface area (Å²) >= 11 is 0. The van der Waals surface area contributed by atoms with Crippen molar-refractivity contribution >= 4 is 21.6 Å². The summed E-state index contributed by atoms with van der Waals surface area (Å²) in [7, 11) is -3.38. The van der Waals surface area contributed by atoms with Crippen LogP contribution in [0.15, 0.2) is 54.6 Å². The second-order valence-electron chi connectivity index (χ2n) is 8.74. The van der Waals surface area contributed by atoms with Crippen LogP contribution in [0.4, 0.5) is 5.69 Å². The molecule has 0 N–H and O–H groups in total. The van der Waals surface area contributed by atoms with E-state index in [1.807, 2.05) is 59.5 Å². The van der Waals surface area contributed by atoms with Crippen molar-refractivity contribution in [1.82, 2.24) is 9.21 Å². The highest BCUT2D eigenvalue weighted by Gasteiger charge is 2.33. The number of piperidine rings is 1. The van der Waals surface area contributed by atoms with Gasteiger partial charge in [-0.25, -0.2) is 12.7 Å². The van der Waals surface area contributed by atoms with Gasteiger partial charge in [0.2, 0.25) is 15.9 Å². The number of rotatable bonds is 5. The Morgan fingerprint density at radius 3 is 2.27 bits per heavy atom. The summed E-state index contributed by atoms with van der Waals surface area (Å²) in [5.74, 6) is 0.0375. The van der Waals surface area contributed by atoms with Crippen LogP contribution in [0.25, 0.3) is 0 Å². The number of carbonyl (C=O) groups excluding carboxylic acids is 1. The van der Waals surface area contributed by atoms with E-state index in [0.717, 1.165) is 37.3 Å². The average molecular weight is 467 g/mol. The van der Waals surface area contributed by atoms with Gasteiger partial charge in [-0.1, -0.05) is 30.3 Å². The Labute approximate surface area is 196 Å². The minimum absolute atomic E-state index is 0.00373. The molecule has 0 saturated carbocycles. The van der Waals surface area contributed by atoms with Gasteiger partial charge < -0.3 is 9.80 Å². The molecule has 33 heavy (non-hydrogen) atoms. The third kappa shape index (κ3) is 5.73. The number of nitrogens with zero attached hydrogens (tertiary/aromatic N) is 4. The summed E-state index contributed by atoms with van der Waals surface area (Å²) in [6, 6.07) is 18.9. The summed E-state index contributed by atoms with van der Waals surface area (Å²) in [6.45, 7) is 3.80. The van der Waals surface area contributed by atoms with Crippen LogP contribution in [0.3, 0.4) is 0 Å². The topological polar surface area (TPSA) is 84.7 Å². The summed E-state index contributed by atoms with van der Waals surface area (Å²) in [5.41, 5.74) is 2.50. The maximum absolute atomic E-state index is 13.2. The molecule has 0 spiro atoms. The van der Waals surface area contributed by atoms with E-state index in [2.05, 4.69) is 11.0 Å². The van der Waals surface area contributed by atoms with Gasteiger partial charge in [0, 0.05) is 50.9 Å². The Hall–Kier alpha value is -2.89. The minimum Gasteiger partial charge on any atom is -0.370 e. The van der Waals surface area contributed by atoms with Gasteiger partial charge in [-0.3, -0.25) is 4.79 Å². The second-order valence-corrected chi connectivity index (χ2v) is 10.7. The molecular formula is C25H30N4O3S. The minimum atomic E-state index is -3.38. The maximum atomic E-state index is 13.2. The average Bonchev–Trinajstić information content (AvgIpc) is 3.10. The van der Waals surface area contributed by atoms with Gasteiger partial charge in [0.1, 0.15) is 0 Å². The van der Waals surface area contributed by atoms with Gasteiger partial charge in [0.25, 0.3) is 0 Å². The quantitative estimate of drug-likeness (QED) is 0.677. The lowest BCUT2D eigenvalue weighted by Gasteiger charge is -2.33. The third-order valence-corrected chi connectivity index (χ3v) is 8.41. The lowest BCUT2D eigenvalue weighted by Crippen LogP contribution is -2.45. The number of amides is 1. The number of hydrogen-bond donors (Lipinski definition) is 0. The van der Waals surface area contributed by atoms with Gasteiger partial charge >= 0.3 is 0 Å². The van der Waals surface area contributed by atoms with Crippen molar-refractivity contribution in [1.29, 1.82) is 5.26 Å². The van der Waals surface area contributed by atoms with Crippen LogP contribution in [0, 0.1) is 17.2 Å². The largest absolute Gasteiger partial charge is 0.370 e. The lowest BCUT2D eigenvalue weighted by atomic mass is 9.96. The molecular weight excluding hydrogens is 436 g/mol. The van der Waals surface area contributed by atoms with Crippen LogP contribution < -0.4 is 4.90 Å². The van der Waals surface area contributed by atoms with E-state index < -0.39 is 10.0 Å². The standard InChI is InChI=1S/C25H30N4O3S/c26-19-21-7-9-24(10-8-21)27-13-4-14-28(18-17-27)25(30)23-11-15-29(16-12-23)33(31,32)20-22-5-2-1-3-6-22/h1-3,5-10,23H,4,11-18,20H2. The van der Waals surface area contributed by atoms with Crippen LogP contribution in [0.1, 0.15) is 30.4 Å². The zero-order chi connectivity index (χ0) is 23.3. The Kier molecular flexibility index (Phi) is 7.31. The molecule has 4 rings (SSSR count). The molecule has 2 aromatic rings. The highest BCUT2D eigenvalue weighted by molar-refractivity contribution is 7.88. The van der Waals surface area contributed by atoms with Crippen LogP contribution >= 0.6 is 0 Å². The van der Waals surface area contributed by atoms with Gasteiger partial charge in [-0.2, -0.15) is 5.26 Å². The summed E-state index contributed by atoms with van der Waals surface area (Å²) in [4.78, 5) is 17.4. The number of hydrogen-bond acceptors (Lipinski definition) is 5. The van der Waals surface area contributed by atoms with E-state index in [-0.39, 0.29) is 17.6 Å². The molecule has 2 fully saturated rings. The number of anilines is 1. The van der Waals surface area contributed by atoms with E-state index in [4.69, 9.17) is 5.26 Å². The first kappa shape index (κ1) is 23.3. The Morgan fingerprint density at radius 1 is 0.909 bits per heavy atom. The van der Waals surface area contributed by atoms with Crippen LogP contribution in [0.2, 0.25) is 0 Å². The number of benzene rings is 2. The Balaban J connectivity index is 1.30. The molecule has 2 heterocycles. The number of carbonyl (C=O) groups is 1. The van der Waals surface area contributed by atoms with Crippen molar-refractivity contribution in [3.63, 3.8) is 0 Å². The second kappa shape index (κ2) is 10.4.